The van der Waals surface area contributed by atoms with Crippen molar-refractivity contribution >= 4 is 8.80 Å². The van der Waals surface area contributed by atoms with E-state index in [1.54, 1.807) is 21.3 Å². The highest BCUT2D eigenvalue weighted by molar-refractivity contribution is 6.60. The van der Waals surface area contributed by atoms with Crippen LogP contribution in [0.1, 0.15) is 25.7 Å². The van der Waals surface area contributed by atoms with Crippen molar-refractivity contribution in [3.05, 3.63) is 12.2 Å². The first-order valence-electron chi connectivity index (χ1n) is 7.26. The lowest BCUT2D eigenvalue weighted by atomic mass is 10.2. The molecule has 118 valence electrons. The summed E-state index contributed by atoms with van der Waals surface area (Å²) in [5.41, 5.74) is 0. The Balaban J connectivity index is 1.92. The molecule has 0 N–H and O–H groups in total. The molecule has 0 aliphatic carbocycles. The van der Waals surface area contributed by atoms with Gasteiger partial charge in [-0.2, -0.15) is 0 Å². The molecular weight excluding hydrogens is 276 g/mol. The molecule has 0 saturated carbocycles. The molecular formula is C14H28O5Si. The molecule has 0 aromatic rings. The van der Waals surface area contributed by atoms with E-state index < -0.39 is 8.80 Å². The number of unbranched alkanes of at least 4 members (excludes halogenated alkanes) is 2. The van der Waals surface area contributed by atoms with Crippen LogP contribution < -0.4 is 0 Å². The maximum absolute atomic E-state index is 5.47. The van der Waals surface area contributed by atoms with Gasteiger partial charge in [-0.15, -0.1) is 0 Å². The average molecular weight is 304 g/mol. The molecule has 1 heterocycles. The smallest absolute Gasteiger partial charge is 0.379 e. The van der Waals surface area contributed by atoms with E-state index in [1.165, 1.54) is 0 Å². The number of epoxide rings is 1. The Morgan fingerprint density at radius 3 is 2.20 bits per heavy atom. The summed E-state index contributed by atoms with van der Waals surface area (Å²) in [4.78, 5) is 0. The summed E-state index contributed by atoms with van der Waals surface area (Å²) < 4.78 is 26.7. The van der Waals surface area contributed by atoms with E-state index >= 15 is 0 Å². The van der Waals surface area contributed by atoms with E-state index in [0.717, 1.165) is 51.5 Å². The first kappa shape index (κ1) is 17.8. The summed E-state index contributed by atoms with van der Waals surface area (Å²) in [6.45, 7) is 2.44. The fraction of sp³-hybridized carbons (Fsp3) is 0.857. The number of hydrogen-bond donors (Lipinski definition) is 0. The first-order chi connectivity index (χ1) is 9.76. The van der Waals surface area contributed by atoms with E-state index in [9.17, 15) is 0 Å². The SMILES string of the molecule is CO[Si](CCCC=CCCCOCC1CO1)(OC)OC. The van der Waals surface area contributed by atoms with Crippen molar-refractivity contribution in [1.29, 1.82) is 0 Å². The van der Waals surface area contributed by atoms with Gasteiger partial charge in [-0.05, 0) is 25.7 Å². The van der Waals surface area contributed by atoms with Gasteiger partial charge in [0.2, 0.25) is 0 Å². The second kappa shape index (κ2) is 10.5. The highest BCUT2D eigenvalue weighted by atomic mass is 28.4. The van der Waals surface area contributed by atoms with Gasteiger partial charge in [-0.1, -0.05) is 12.2 Å². The maximum atomic E-state index is 5.47. The maximum Gasteiger partial charge on any atom is 0.500 e. The van der Waals surface area contributed by atoms with E-state index in [2.05, 4.69) is 12.2 Å². The third kappa shape index (κ3) is 7.52. The molecule has 0 bridgehead atoms. The molecule has 0 aromatic carbocycles. The summed E-state index contributed by atoms with van der Waals surface area (Å²) in [6, 6.07) is 0.853. The second-order valence-electron chi connectivity index (χ2n) is 4.83. The van der Waals surface area contributed by atoms with Crippen LogP contribution in [0.2, 0.25) is 6.04 Å². The Kier molecular flexibility index (Phi) is 9.33. The quantitative estimate of drug-likeness (QED) is 0.226. The standard InChI is InChI=1S/C14H28O5Si/c1-15-20(16-2,17-3)11-9-7-5-4-6-8-10-18-12-14-13-19-14/h4-5,14H,6-13H2,1-3H3. The Labute approximate surface area is 123 Å². The topological polar surface area (TPSA) is 49.5 Å². The summed E-state index contributed by atoms with van der Waals surface area (Å²) in [5, 5.41) is 0. The van der Waals surface area contributed by atoms with Crippen molar-refractivity contribution in [2.45, 2.75) is 37.8 Å². The predicted octanol–water partition coefficient (Wildman–Crippen LogP) is 2.40. The van der Waals surface area contributed by atoms with Crippen LogP contribution in [0, 0.1) is 0 Å². The molecule has 1 aliphatic rings. The van der Waals surface area contributed by atoms with Crippen LogP contribution in [-0.2, 0) is 22.8 Å². The molecule has 1 aliphatic heterocycles. The van der Waals surface area contributed by atoms with Gasteiger partial charge in [0, 0.05) is 34.0 Å². The van der Waals surface area contributed by atoms with Crippen LogP contribution in [0.15, 0.2) is 12.2 Å². The third-order valence-electron chi connectivity index (χ3n) is 3.32. The summed E-state index contributed by atoms with van der Waals surface area (Å²) in [7, 11) is 2.59. The minimum atomic E-state index is -2.37. The Morgan fingerprint density at radius 1 is 1.05 bits per heavy atom. The molecule has 0 aromatic heterocycles. The molecule has 6 heteroatoms. The number of rotatable bonds is 13. The lowest BCUT2D eigenvalue weighted by Crippen LogP contribution is -2.42. The highest BCUT2D eigenvalue weighted by Gasteiger charge is 2.36. The van der Waals surface area contributed by atoms with Gasteiger partial charge < -0.3 is 22.8 Å². The fourth-order valence-corrected chi connectivity index (χ4v) is 3.66. The largest absolute Gasteiger partial charge is 0.500 e. The lowest BCUT2D eigenvalue weighted by molar-refractivity contribution is 0.115. The van der Waals surface area contributed by atoms with Crippen LogP contribution in [0.3, 0.4) is 0 Å². The summed E-state index contributed by atoms with van der Waals surface area (Å²) in [6.07, 6.45) is 8.98. The van der Waals surface area contributed by atoms with Crippen LogP contribution in [0.25, 0.3) is 0 Å². The summed E-state index contributed by atoms with van der Waals surface area (Å²) >= 11 is 0. The normalized spacial score (nSPS) is 18.9. The van der Waals surface area contributed by atoms with Gasteiger partial charge in [0.15, 0.2) is 0 Å². The molecule has 1 atom stereocenters. The fourth-order valence-electron chi connectivity index (χ4n) is 1.91. The van der Waals surface area contributed by atoms with E-state index in [-0.39, 0.29) is 0 Å². The Hall–Kier alpha value is -0.243. The molecule has 1 saturated heterocycles. The van der Waals surface area contributed by atoms with Crippen molar-refractivity contribution in [2.75, 3.05) is 41.2 Å². The van der Waals surface area contributed by atoms with Crippen molar-refractivity contribution < 1.29 is 22.8 Å². The van der Waals surface area contributed by atoms with Crippen LogP contribution in [-0.4, -0.2) is 56.1 Å². The van der Waals surface area contributed by atoms with Crippen molar-refractivity contribution in [3.8, 4) is 0 Å². The molecule has 1 unspecified atom stereocenters. The Bertz CT molecular complexity index is 256. The number of ether oxygens (including phenoxy) is 2. The van der Waals surface area contributed by atoms with Gasteiger partial charge in [0.1, 0.15) is 6.10 Å². The van der Waals surface area contributed by atoms with E-state index in [4.69, 9.17) is 22.8 Å². The molecule has 1 fully saturated rings. The molecule has 0 radical (unpaired) electrons. The molecule has 0 spiro atoms. The van der Waals surface area contributed by atoms with Crippen molar-refractivity contribution in [2.24, 2.45) is 0 Å². The minimum absolute atomic E-state index is 0.373. The van der Waals surface area contributed by atoms with Crippen LogP contribution in [0.4, 0.5) is 0 Å². The monoisotopic (exact) mass is 304 g/mol. The number of allylic oxidation sites excluding steroid dienone is 2. The van der Waals surface area contributed by atoms with Gasteiger partial charge in [-0.3, -0.25) is 0 Å². The third-order valence-corrected chi connectivity index (χ3v) is 6.15. The molecule has 1 rings (SSSR count). The second-order valence-corrected chi connectivity index (χ2v) is 7.92. The van der Waals surface area contributed by atoms with Crippen LogP contribution in [0.5, 0.6) is 0 Å². The van der Waals surface area contributed by atoms with Gasteiger partial charge in [0.05, 0.1) is 13.2 Å². The minimum Gasteiger partial charge on any atom is -0.379 e. The average Bonchev–Trinajstić information content (AvgIpc) is 3.30. The van der Waals surface area contributed by atoms with Crippen LogP contribution >= 0.6 is 0 Å². The molecule has 0 amide bonds. The van der Waals surface area contributed by atoms with Gasteiger partial charge in [-0.25, -0.2) is 0 Å². The van der Waals surface area contributed by atoms with Crippen molar-refractivity contribution in [1.82, 2.24) is 0 Å². The Morgan fingerprint density at radius 2 is 1.65 bits per heavy atom. The van der Waals surface area contributed by atoms with E-state index in [1.807, 2.05) is 0 Å². The molecule has 20 heavy (non-hydrogen) atoms. The summed E-state index contributed by atoms with van der Waals surface area (Å²) in [5.74, 6) is 0. The zero-order chi connectivity index (χ0) is 14.7. The number of hydrogen-bond acceptors (Lipinski definition) is 5. The van der Waals surface area contributed by atoms with Crippen molar-refractivity contribution in [3.63, 3.8) is 0 Å². The predicted molar refractivity (Wildman–Crippen MR) is 79.8 cm³/mol. The molecule has 5 nitrogen and oxygen atoms in total. The van der Waals surface area contributed by atoms with Gasteiger partial charge in [0.25, 0.3) is 0 Å². The highest BCUT2D eigenvalue weighted by Crippen LogP contribution is 2.16. The first-order valence-corrected chi connectivity index (χ1v) is 9.19. The zero-order valence-electron chi connectivity index (χ0n) is 12.9. The van der Waals surface area contributed by atoms with E-state index in [0.29, 0.717) is 6.10 Å². The zero-order valence-corrected chi connectivity index (χ0v) is 13.9. The van der Waals surface area contributed by atoms with Gasteiger partial charge >= 0.3 is 8.80 Å². The lowest BCUT2D eigenvalue weighted by Gasteiger charge is -2.23.